The Hall–Kier alpha value is -3.13. The summed E-state index contributed by atoms with van der Waals surface area (Å²) >= 11 is 0. The molecule has 0 bridgehead atoms. The van der Waals surface area contributed by atoms with Gasteiger partial charge in [0.05, 0.1) is 13.1 Å². The number of ether oxygens (including phenoxy) is 2. The quantitative estimate of drug-likeness (QED) is 0.661. The van der Waals surface area contributed by atoms with Crippen molar-refractivity contribution in [3.63, 3.8) is 0 Å². The molecule has 2 aliphatic rings. The van der Waals surface area contributed by atoms with E-state index in [9.17, 15) is 14.0 Å². The molecule has 30 heavy (non-hydrogen) atoms. The zero-order chi connectivity index (χ0) is 20.9. The summed E-state index contributed by atoms with van der Waals surface area (Å²) in [4.78, 5) is 25.6. The number of likely N-dealkylation sites (tertiary alicyclic amines) is 1. The fourth-order valence-corrected chi connectivity index (χ4v) is 3.99. The minimum Gasteiger partial charge on any atom is -0.486 e. The number of hydrogen-bond donors (Lipinski definition) is 3. The van der Waals surface area contributed by atoms with Crippen molar-refractivity contribution in [1.29, 1.82) is 0 Å². The topological polar surface area (TPSA) is 81.1 Å². The SMILES string of the molecule is O=C(C[NH+]1CCC[C@@H]1c1ccc2c(c1)OCCO2)NCC(=O)Nc1ccc(F)cc1. The molecule has 0 aliphatic carbocycles. The largest absolute Gasteiger partial charge is 0.486 e. The first kappa shape index (κ1) is 20.2. The lowest BCUT2D eigenvalue weighted by molar-refractivity contribution is -0.910. The first-order valence-corrected chi connectivity index (χ1v) is 10.1. The van der Waals surface area contributed by atoms with E-state index in [0.29, 0.717) is 25.4 Å². The summed E-state index contributed by atoms with van der Waals surface area (Å²) < 4.78 is 24.2. The number of halogens is 1. The molecular formula is C22H25FN3O4+. The maximum atomic E-state index is 12.9. The van der Waals surface area contributed by atoms with Gasteiger partial charge in [0.25, 0.3) is 5.91 Å². The molecule has 0 aromatic heterocycles. The number of rotatable bonds is 6. The smallest absolute Gasteiger partial charge is 0.275 e. The fourth-order valence-electron chi connectivity index (χ4n) is 3.99. The van der Waals surface area contributed by atoms with Crippen LogP contribution >= 0.6 is 0 Å². The summed E-state index contributed by atoms with van der Waals surface area (Å²) in [6.45, 7) is 2.16. The average molecular weight is 414 g/mol. The number of fused-ring (bicyclic) bond motifs is 1. The molecule has 8 heteroatoms. The molecule has 3 N–H and O–H groups in total. The van der Waals surface area contributed by atoms with E-state index in [1.54, 1.807) is 0 Å². The molecule has 7 nitrogen and oxygen atoms in total. The van der Waals surface area contributed by atoms with E-state index in [2.05, 4.69) is 10.6 Å². The van der Waals surface area contributed by atoms with E-state index in [0.717, 1.165) is 36.4 Å². The summed E-state index contributed by atoms with van der Waals surface area (Å²) in [6, 6.07) is 11.7. The monoisotopic (exact) mass is 414 g/mol. The molecule has 2 aromatic rings. The van der Waals surface area contributed by atoms with Gasteiger partial charge in [-0.3, -0.25) is 9.59 Å². The minimum atomic E-state index is -0.373. The van der Waals surface area contributed by atoms with Gasteiger partial charge in [0.2, 0.25) is 5.91 Å². The van der Waals surface area contributed by atoms with E-state index in [1.165, 1.54) is 29.2 Å². The lowest BCUT2D eigenvalue weighted by Crippen LogP contribution is -3.11. The van der Waals surface area contributed by atoms with Gasteiger partial charge in [-0.2, -0.15) is 0 Å². The van der Waals surface area contributed by atoms with Crippen LogP contribution in [0.15, 0.2) is 42.5 Å². The van der Waals surface area contributed by atoms with Crippen LogP contribution < -0.4 is 25.0 Å². The van der Waals surface area contributed by atoms with Crippen LogP contribution in [0.25, 0.3) is 0 Å². The van der Waals surface area contributed by atoms with Crippen molar-refractivity contribution in [2.75, 3.05) is 38.2 Å². The van der Waals surface area contributed by atoms with Gasteiger partial charge in [-0.1, -0.05) is 0 Å². The highest BCUT2D eigenvalue weighted by Crippen LogP contribution is 2.33. The summed E-state index contributed by atoms with van der Waals surface area (Å²) in [5.74, 6) is 0.613. The van der Waals surface area contributed by atoms with Crippen molar-refractivity contribution >= 4 is 17.5 Å². The van der Waals surface area contributed by atoms with Crippen LogP contribution in [-0.2, 0) is 9.59 Å². The molecule has 4 rings (SSSR count). The third-order valence-electron chi connectivity index (χ3n) is 5.41. The number of benzene rings is 2. The lowest BCUT2D eigenvalue weighted by Gasteiger charge is -2.24. The number of anilines is 1. The number of carbonyl (C=O) groups is 2. The zero-order valence-corrected chi connectivity index (χ0v) is 16.6. The van der Waals surface area contributed by atoms with Gasteiger partial charge in [-0.05, 0) is 42.5 Å². The van der Waals surface area contributed by atoms with Crippen molar-refractivity contribution in [2.24, 2.45) is 0 Å². The summed E-state index contributed by atoms with van der Waals surface area (Å²) in [7, 11) is 0. The predicted molar refractivity (Wildman–Crippen MR) is 108 cm³/mol. The highest BCUT2D eigenvalue weighted by atomic mass is 19.1. The van der Waals surface area contributed by atoms with Crippen molar-refractivity contribution in [3.8, 4) is 11.5 Å². The van der Waals surface area contributed by atoms with E-state index in [-0.39, 0.29) is 30.2 Å². The molecule has 0 spiro atoms. The Kier molecular flexibility index (Phi) is 6.13. The fraction of sp³-hybridized carbons (Fsp3) is 0.364. The third kappa shape index (κ3) is 4.88. The number of hydrogen-bond acceptors (Lipinski definition) is 4. The molecule has 2 amide bonds. The molecule has 2 aromatic carbocycles. The molecule has 2 heterocycles. The second-order valence-electron chi connectivity index (χ2n) is 7.51. The van der Waals surface area contributed by atoms with Gasteiger partial charge in [-0.25, -0.2) is 4.39 Å². The highest BCUT2D eigenvalue weighted by Gasteiger charge is 2.32. The number of nitrogens with one attached hydrogen (secondary N) is 3. The summed E-state index contributed by atoms with van der Waals surface area (Å²) in [5.41, 5.74) is 1.62. The van der Waals surface area contributed by atoms with Crippen LogP contribution in [0.4, 0.5) is 10.1 Å². The molecule has 2 aliphatic heterocycles. The Morgan fingerprint density at radius 2 is 1.80 bits per heavy atom. The molecular weight excluding hydrogens is 389 g/mol. The van der Waals surface area contributed by atoms with Crippen LogP contribution in [0.5, 0.6) is 11.5 Å². The lowest BCUT2D eigenvalue weighted by atomic mass is 10.0. The first-order valence-electron chi connectivity index (χ1n) is 10.1. The number of carbonyl (C=O) groups excluding carboxylic acids is 2. The second-order valence-corrected chi connectivity index (χ2v) is 7.51. The number of quaternary nitrogens is 1. The van der Waals surface area contributed by atoms with Crippen molar-refractivity contribution in [2.45, 2.75) is 18.9 Å². The van der Waals surface area contributed by atoms with Crippen molar-refractivity contribution in [1.82, 2.24) is 5.32 Å². The van der Waals surface area contributed by atoms with E-state index < -0.39 is 0 Å². The maximum absolute atomic E-state index is 12.9. The average Bonchev–Trinajstić information content (AvgIpc) is 3.21. The second kappa shape index (κ2) is 9.13. The summed E-state index contributed by atoms with van der Waals surface area (Å²) in [5, 5.41) is 5.30. The Bertz CT molecular complexity index is 919. The molecule has 1 fully saturated rings. The Morgan fingerprint density at radius 3 is 2.60 bits per heavy atom. The zero-order valence-electron chi connectivity index (χ0n) is 16.6. The predicted octanol–water partition coefficient (Wildman–Crippen LogP) is 1.07. The normalized spacial score (nSPS) is 19.9. The van der Waals surface area contributed by atoms with Crippen LogP contribution in [0.2, 0.25) is 0 Å². The minimum absolute atomic E-state index is 0.127. The van der Waals surface area contributed by atoms with Gasteiger partial charge in [0.1, 0.15) is 25.1 Å². The Balaban J connectivity index is 1.29. The molecule has 1 unspecified atom stereocenters. The molecule has 2 atom stereocenters. The van der Waals surface area contributed by atoms with Crippen LogP contribution in [-0.4, -0.2) is 44.7 Å². The molecule has 158 valence electrons. The highest BCUT2D eigenvalue weighted by molar-refractivity contribution is 5.94. The molecule has 0 saturated carbocycles. The van der Waals surface area contributed by atoms with E-state index >= 15 is 0 Å². The van der Waals surface area contributed by atoms with Gasteiger partial charge < -0.3 is 25.0 Å². The van der Waals surface area contributed by atoms with Gasteiger partial charge in [0.15, 0.2) is 18.0 Å². The first-order chi connectivity index (χ1) is 14.6. The van der Waals surface area contributed by atoms with Gasteiger partial charge in [-0.15, -0.1) is 0 Å². The third-order valence-corrected chi connectivity index (χ3v) is 5.41. The molecule has 0 radical (unpaired) electrons. The number of amides is 2. The maximum Gasteiger partial charge on any atom is 0.275 e. The van der Waals surface area contributed by atoms with Gasteiger partial charge >= 0.3 is 0 Å². The van der Waals surface area contributed by atoms with Crippen LogP contribution in [0.3, 0.4) is 0 Å². The summed E-state index contributed by atoms with van der Waals surface area (Å²) in [6.07, 6.45) is 2.03. The van der Waals surface area contributed by atoms with Crippen LogP contribution in [0, 0.1) is 5.82 Å². The van der Waals surface area contributed by atoms with Crippen LogP contribution in [0.1, 0.15) is 24.4 Å². The van der Waals surface area contributed by atoms with Crippen molar-refractivity contribution in [3.05, 3.63) is 53.8 Å². The standard InChI is InChI=1S/C22H24FN3O4/c23-16-4-6-17(7-5-16)25-21(27)13-24-22(28)14-26-9-1-2-18(26)15-3-8-19-20(12-15)30-11-10-29-19/h3-8,12,18H,1-2,9-11,13-14H2,(H,24,28)(H,25,27)/p+1/t18-/m1/s1. The van der Waals surface area contributed by atoms with Gasteiger partial charge in [0, 0.05) is 24.1 Å². The molecule has 1 saturated heterocycles. The van der Waals surface area contributed by atoms with Crippen molar-refractivity contribution < 1.29 is 28.4 Å². The van der Waals surface area contributed by atoms with E-state index in [1.807, 2.05) is 18.2 Å². The van der Waals surface area contributed by atoms with E-state index in [4.69, 9.17) is 9.47 Å². The Labute approximate surface area is 174 Å². The Morgan fingerprint density at radius 1 is 1.03 bits per heavy atom.